The fourth-order valence-corrected chi connectivity index (χ4v) is 5.33. The molecule has 38 heavy (non-hydrogen) atoms. The Labute approximate surface area is 218 Å². The van der Waals surface area contributed by atoms with Gasteiger partial charge in [-0.15, -0.1) is 0 Å². The van der Waals surface area contributed by atoms with E-state index in [2.05, 4.69) is 25.3 Å². The fourth-order valence-electron chi connectivity index (χ4n) is 5.33. The van der Waals surface area contributed by atoms with Crippen LogP contribution in [-0.2, 0) is 4.79 Å². The summed E-state index contributed by atoms with van der Waals surface area (Å²) in [4.78, 5) is 39.7. The van der Waals surface area contributed by atoms with Crippen molar-refractivity contribution in [1.29, 1.82) is 0 Å². The Morgan fingerprint density at radius 3 is 2.58 bits per heavy atom. The van der Waals surface area contributed by atoms with Crippen molar-refractivity contribution in [3.63, 3.8) is 0 Å². The van der Waals surface area contributed by atoms with E-state index in [-0.39, 0.29) is 29.0 Å². The Bertz CT molecular complexity index is 1330. The highest BCUT2D eigenvalue weighted by Crippen LogP contribution is 2.35. The van der Waals surface area contributed by atoms with Crippen LogP contribution in [0.4, 0.5) is 8.78 Å². The van der Waals surface area contributed by atoms with Gasteiger partial charge in [-0.3, -0.25) is 9.59 Å². The molecule has 2 aliphatic heterocycles. The highest BCUT2D eigenvalue weighted by Gasteiger charge is 2.44. The first-order chi connectivity index (χ1) is 18.5. The van der Waals surface area contributed by atoms with E-state index >= 15 is 0 Å². The van der Waals surface area contributed by atoms with Crippen molar-refractivity contribution < 1.29 is 22.9 Å². The number of piperidine rings is 1. The Balaban J connectivity index is 1.18. The summed E-state index contributed by atoms with van der Waals surface area (Å²) in [6.07, 6.45) is 7.21. The van der Waals surface area contributed by atoms with Gasteiger partial charge in [-0.05, 0) is 49.8 Å². The number of amides is 2. The van der Waals surface area contributed by atoms with Crippen LogP contribution in [0.3, 0.4) is 0 Å². The molecule has 3 fully saturated rings. The Morgan fingerprint density at radius 2 is 1.87 bits per heavy atom. The fraction of sp³-hybridized carbons (Fsp3) is 0.444. The van der Waals surface area contributed by atoms with Crippen molar-refractivity contribution in [2.24, 2.45) is 11.8 Å². The second-order valence-electron chi connectivity index (χ2n) is 10.3. The predicted molar refractivity (Wildman–Crippen MR) is 131 cm³/mol. The second-order valence-corrected chi connectivity index (χ2v) is 10.3. The standard InChI is InChI=1S/C27H28F2N6O3/c28-17-4-5-18(20(29)12-17)24-13-22(33-38-24)26(36)32-21-6-10-34(14-16-2-3-16)15-19(21)27(37)35-11-7-23(35)25-30-8-1-9-31-25/h1,4-5,8-9,12-13,16,19,21,23H,2-3,6-7,10-11,14-15H2,(H,32,36)/t19-,21-,23-/m0/s1. The number of hydrogen-bond acceptors (Lipinski definition) is 7. The summed E-state index contributed by atoms with van der Waals surface area (Å²) in [6, 6.07) is 5.59. The molecule has 1 N–H and O–H groups in total. The van der Waals surface area contributed by atoms with E-state index in [1.54, 1.807) is 18.5 Å². The van der Waals surface area contributed by atoms with Crippen LogP contribution in [0.1, 0.15) is 48.0 Å². The number of carbonyl (C=O) groups excluding carboxylic acids is 2. The van der Waals surface area contributed by atoms with Gasteiger partial charge in [0.05, 0.1) is 17.5 Å². The minimum Gasteiger partial charge on any atom is -0.355 e. The van der Waals surface area contributed by atoms with Crippen molar-refractivity contribution in [3.8, 4) is 11.3 Å². The Hall–Kier alpha value is -3.73. The molecule has 0 unspecified atom stereocenters. The quantitative estimate of drug-likeness (QED) is 0.508. The zero-order valence-corrected chi connectivity index (χ0v) is 20.7. The Kier molecular flexibility index (Phi) is 6.61. The van der Waals surface area contributed by atoms with Crippen molar-refractivity contribution in [3.05, 3.63) is 65.9 Å². The lowest BCUT2D eigenvalue weighted by Gasteiger charge is -2.45. The maximum atomic E-state index is 14.2. The van der Waals surface area contributed by atoms with Crippen molar-refractivity contribution >= 4 is 11.8 Å². The van der Waals surface area contributed by atoms with Crippen LogP contribution in [0.15, 0.2) is 47.2 Å². The smallest absolute Gasteiger partial charge is 0.273 e. The van der Waals surface area contributed by atoms with Gasteiger partial charge in [0.25, 0.3) is 5.91 Å². The summed E-state index contributed by atoms with van der Waals surface area (Å²) in [5.74, 6) is -1.15. The summed E-state index contributed by atoms with van der Waals surface area (Å²) >= 11 is 0. The largest absolute Gasteiger partial charge is 0.355 e. The van der Waals surface area contributed by atoms with Gasteiger partial charge in [-0.1, -0.05) is 5.16 Å². The molecule has 0 bridgehead atoms. The third-order valence-corrected chi connectivity index (χ3v) is 7.67. The minimum atomic E-state index is -0.812. The monoisotopic (exact) mass is 522 g/mol. The van der Waals surface area contributed by atoms with Gasteiger partial charge in [0.2, 0.25) is 5.91 Å². The molecule has 0 radical (unpaired) electrons. The van der Waals surface area contributed by atoms with E-state index in [4.69, 9.17) is 4.52 Å². The number of rotatable bonds is 7. The molecular weight excluding hydrogens is 494 g/mol. The molecule has 4 heterocycles. The molecule has 3 aliphatic rings. The van der Waals surface area contributed by atoms with Crippen molar-refractivity contribution in [2.45, 2.75) is 37.8 Å². The molecule has 3 aromatic rings. The average Bonchev–Trinajstić information content (AvgIpc) is 3.56. The van der Waals surface area contributed by atoms with Crippen LogP contribution in [-0.4, -0.2) is 69.0 Å². The number of nitrogens with zero attached hydrogens (tertiary/aromatic N) is 5. The van der Waals surface area contributed by atoms with Crippen LogP contribution >= 0.6 is 0 Å². The van der Waals surface area contributed by atoms with Gasteiger partial charge in [-0.2, -0.15) is 0 Å². The van der Waals surface area contributed by atoms with Crippen molar-refractivity contribution in [2.75, 3.05) is 26.2 Å². The number of carbonyl (C=O) groups is 2. The van der Waals surface area contributed by atoms with Gasteiger partial charge in [0, 0.05) is 56.7 Å². The van der Waals surface area contributed by atoms with E-state index in [0.29, 0.717) is 31.3 Å². The highest BCUT2D eigenvalue weighted by molar-refractivity contribution is 5.94. The lowest BCUT2D eigenvalue weighted by molar-refractivity contribution is -0.147. The molecule has 0 spiro atoms. The molecule has 6 rings (SSSR count). The molecule has 1 saturated carbocycles. The van der Waals surface area contributed by atoms with E-state index in [0.717, 1.165) is 31.6 Å². The predicted octanol–water partition coefficient (Wildman–Crippen LogP) is 3.21. The van der Waals surface area contributed by atoms with Gasteiger partial charge < -0.3 is 19.6 Å². The SMILES string of the molecule is O=C(N[C@H]1CCN(CC2CC2)C[C@@H]1C(=O)N1CC[C@H]1c1ncccn1)c1cc(-c2ccc(F)cc2F)on1. The summed E-state index contributed by atoms with van der Waals surface area (Å²) in [6.45, 7) is 2.92. The maximum absolute atomic E-state index is 14.2. The lowest BCUT2D eigenvalue weighted by atomic mass is 9.88. The van der Waals surface area contributed by atoms with Crippen LogP contribution < -0.4 is 5.32 Å². The molecule has 9 nitrogen and oxygen atoms in total. The normalized spacial score (nSPS) is 23.6. The molecular formula is C27H28F2N6O3. The summed E-state index contributed by atoms with van der Waals surface area (Å²) < 4.78 is 32.6. The molecule has 2 saturated heterocycles. The number of aromatic nitrogens is 3. The van der Waals surface area contributed by atoms with E-state index in [1.807, 2.05) is 4.90 Å². The lowest BCUT2D eigenvalue weighted by Crippen LogP contribution is -2.59. The van der Waals surface area contributed by atoms with E-state index < -0.39 is 29.5 Å². The van der Waals surface area contributed by atoms with Crippen LogP contribution in [0, 0.1) is 23.5 Å². The maximum Gasteiger partial charge on any atom is 0.273 e. The van der Waals surface area contributed by atoms with Gasteiger partial charge in [0.15, 0.2) is 17.3 Å². The zero-order valence-electron chi connectivity index (χ0n) is 20.7. The second kappa shape index (κ2) is 10.2. The number of likely N-dealkylation sites (tertiary alicyclic amines) is 2. The number of benzene rings is 1. The third kappa shape index (κ3) is 5.02. The molecule has 3 atom stereocenters. The van der Waals surface area contributed by atoms with E-state index in [9.17, 15) is 18.4 Å². The van der Waals surface area contributed by atoms with Gasteiger partial charge in [0.1, 0.15) is 11.6 Å². The van der Waals surface area contributed by atoms with Crippen LogP contribution in [0.25, 0.3) is 11.3 Å². The first-order valence-electron chi connectivity index (χ1n) is 13.0. The van der Waals surface area contributed by atoms with Crippen LogP contribution in [0.5, 0.6) is 0 Å². The minimum absolute atomic E-state index is 0.00587. The summed E-state index contributed by atoms with van der Waals surface area (Å²) in [5.41, 5.74) is -0.0267. The zero-order chi connectivity index (χ0) is 26.2. The number of hydrogen-bond donors (Lipinski definition) is 1. The summed E-state index contributed by atoms with van der Waals surface area (Å²) in [7, 11) is 0. The number of halogens is 2. The molecule has 2 aromatic heterocycles. The molecule has 198 valence electrons. The molecule has 11 heteroatoms. The highest BCUT2D eigenvalue weighted by atomic mass is 19.1. The first kappa shape index (κ1) is 24.6. The molecule has 1 aromatic carbocycles. The van der Waals surface area contributed by atoms with Crippen molar-refractivity contribution in [1.82, 2.24) is 30.2 Å². The van der Waals surface area contributed by atoms with Crippen LogP contribution in [0.2, 0.25) is 0 Å². The van der Waals surface area contributed by atoms with E-state index in [1.165, 1.54) is 25.0 Å². The molecule has 1 aliphatic carbocycles. The van der Waals surface area contributed by atoms with Gasteiger partial charge >= 0.3 is 0 Å². The summed E-state index contributed by atoms with van der Waals surface area (Å²) in [5, 5.41) is 6.78. The Morgan fingerprint density at radius 1 is 1.05 bits per heavy atom. The van der Waals surface area contributed by atoms with Gasteiger partial charge in [-0.25, -0.2) is 18.7 Å². The topological polar surface area (TPSA) is 104 Å². The third-order valence-electron chi connectivity index (χ3n) is 7.67. The number of nitrogens with one attached hydrogen (secondary N) is 1. The average molecular weight is 523 g/mol. The first-order valence-corrected chi connectivity index (χ1v) is 13.0. The molecule has 2 amide bonds.